The number of hydrogen-bond acceptors (Lipinski definition) is 5. The number of amides is 1. The molecule has 0 unspecified atom stereocenters. The summed E-state index contributed by atoms with van der Waals surface area (Å²) in [5.41, 5.74) is 3.63. The van der Waals surface area contributed by atoms with Crippen LogP contribution in [0.5, 0.6) is 11.5 Å². The van der Waals surface area contributed by atoms with E-state index in [-0.39, 0.29) is 12.5 Å². The summed E-state index contributed by atoms with van der Waals surface area (Å²) < 4.78 is 11.1. The van der Waals surface area contributed by atoms with Crippen LogP contribution in [0, 0.1) is 19.8 Å². The predicted molar refractivity (Wildman–Crippen MR) is 111 cm³/mol. The normalized spacial score (nSPS) is 10.9. The van der Waals surface area contributed by atoms with Crippen LogP contribution in [0.3, 0.4) is 0 Å². The van der Waals surface area contributed by atoms with Gasteiger partial charge in [-0.25, -0.2) is 0 Å². The first-order valence-electron chi connectivity index (χ1n) is 9.22. The lowest BCUT2D eigenvalue weighted by atomic mass is 10.1. The van der Waals surface area contributed by atoms with Gasteiger partial charge in [-0.2, -0.15) is 0 Å². The first kappa shape index (κ1) is 21.3. The van der Waals surface area contributed by atoms with Gasteiger partial charge in [0.2, 0.25) is 0 Å². The van der Waals surface area contributed by atoms with E-state index in [4.69, 9.17) is 14.3 Å². The van der Waals surface area contributed by atoms with Gasteiger partial charge in [0.25, 0.3) is 5.91 Å². The molecule has 0 aliphatic heterocycles. The zero-order chi connectivity index (χ0) is 20.5. The molecule has 0 saturated carbocycles. The minimum atomic E-state index is -0.263. The molecular weight excluding hydrogens is 356 g/mol. The van der Waals surface area contributed by atoms with Gasteiger partial charge in [-0.1, -0.05) is 31.1 Å². The van der Waals surface area contributed by atoms with Crippen LogP contribution >= 0.6 is 0 Å². The molecule has 0 aliphatic carbocycles. The molecule has 1 amide bonds. The Morgan fingerprint density at radius 1 is 1.14 bits per heavy atom. The van der Waals surface area contributed by atoms with Crippen molar-refractivity contribution in [3.8, 4) is 11.5 Å². The van der Waals surface area contributed by atoms with E-state index in [9.17, 15) is 4.79 Å². The van der Waals surface area contributed by atoms with Crippen LogP contribution in [-0.2, 0) is 9.63 Å². The van der Waals surface area contributed by atoms with Crippen molar-refractivity contribution in [1.82, 2.24) is 0 Å². The molecule has 1 N–H and O–H groups in total. The Morgan fingerprint density at radius 3 is 2.64 bits per heavy atom. The van der Waals surface area contributed by atoms with E-state index in [0.717, 1.165) is 22.4 Å². The van der Waals surface area contributed by atoms with Crippen molar-refractivity contribution in [2.45, 2.75) is 27.7 Å². The van der Waals surface area contributed by atoms with Crippen LogP contribution < -0.4 is 14.8 Å². The van der Waals surface area contributed by atoms with Crippen LogP contribution in [0.1, 0.15) is 30.5 Å². The highest BCUT2D eigenvalue weighted by molar-refractivity contribution is 5.92. The van der Waals surface area contributed by atoms with Gasteiger partial charge in [-0.05, 0) is 55.2 Å². The molecule has 0 radical (unpaired) electrons. The van der Waals surface area contributed by atoms with E-state index in [1.54, 1.807) is 13.2 Å². The number of benzene rings is 2. The summed E-state index contributed by atoms with van der Waals surface area (Å²) in [6, 6.07) is 11.4. The Balaban J connectivity index is 1.88. The molecule has 0 aliphatic rings. The lowest BCUT2D eigenvalue weighted by Gasteiger charge is -2.12. The number of carbonyl (C=O) groups is 1. The third-order valence-corrected chi connectivity index (χ3v) is 3.90. The largest absolute Gasteiger partial charge is 0.493 e. The third kappa shape index (κ3) is 6.61. The lowest BCUT2D eigenvalue weighted by Crippen LogP contribution is -2.17. The Kier molecular flexibility index (Phi) is 7.87. The summed E-state index contributed by atoms with van der Waals surface area (Å²) in [5, 5.41) is 6.68. The number of nitrogens with zero attached hydrogens (tertiary/aromatic N) is 1. The average molecular weight is 384 g/mol. The van der Waals surface area contributed by atoms with Gasteiger partial charge in [0.05, 0.1) is 19.9 Å². The van der Waals surface area contributed by atoms with Crippen molar-refractivity contribution in [1.29, 1.82) is 0 Å². The predicted octanol–water partition coefficient (Wildman–Crippen LogP) is 4.34. The number of oxime groups is 1. The van der Waals surface area contributed by atoms with E-state index in [1.807, 2.05) is 44.2 Å². The molecule has 2 aromatic carbocycles. The molecule has 0 bridgehead atoms. The second-order valence-corrected chi connectivity index (χ2v) is 6.99. The van der Waals surface area contributed by atoms with E-state index < -0.39 is 0 Å². The number of aryl methyl sites for hydroxylation is 2. The fourth-order valence-electron chi connectivity index (χ4n) is 2.39. The molecule has 0 fully saturated rings. The lowest BCUT2D eigenvalue weighted by molar-refractivity contribution is -0.120. The highest BCUT2D eigenvalue weighted by Gasteiger charge is 2.07. The van der Waals surface area contributed by atoms with Gasteiger partial charge < -0.3 is 19.6 Å². The van der Waals surface area contributed by atoms with E-state index >= 15 is 0 Å². The standard InChI is InChI=1S/C22H28N2O4/c1-15(2)13-27-20-9-8-18(11-21(20)26-5)12-23-28-14-22(25)24-19-10-16(3)6-7-17(19)4/h6-12,15H,13-14H2,1-5H3,(H,24,25)/b23-12-. The molecule has 2 rings (SSSR count). The van der Waals surface area contributed by atoms with Gasteiger partial charge in [-0.15, -0.1) is 0 Å². The SMILES string of the molecule is COc1cc(/C=N\OCC(=O)Nc2cc(C)ccc2C)ccc1OCC(C)C. The number of ether oxygens (including phenoxy) is 2. The molecule has 28 heavy (non-hydrogen) atoms. The smallest absolute Gasteiger partial charge is 0.265 e. The number of anilines is 1. The molecule has 0 aromatic heterocycles. The third-order valence-electron chi connectivity index (χ3n) is 3.90. The van der Waals surface area contributed by atoms with Crippen molar-refractivity contribution in [3.05, 3.63) is 53.1 Å². The first-order chi connectivity index (χ1) is 13.4. The first-order valence-corrected chi connectivity index (χ1v) is 9.22. The number of nitrogens with one attached hydrogen (secondary N) is 1. The summed E-state index contributed by atoms with van der Waals surface area (Å²) in [6.07, 6.45) is 1.53. The number of rotatable bonds is 9. The van der Waals surface area contributed by atoms with E-state index in [1.165, 1.54) is 6.21 Å². The van der Waals surface area contributed by atoms with Crippen molar-refractivity contribution >= 4 is 17.8 Å². The maximum Gasteiger partial charge on any atom is 0.265 e. The second-order valence-electron chi connectivity index (χ2n) is 6.99. The second kappa shape index (κ2) is 10.3. The highest BCUT2D eigenvalue weighted by atomic mass is 16.6. The Labute approximate surface area is 166 Å². The molecule has 2 aromatic rings. The molecule has 150 valence electrons. The quantitative estimate of drug-likeness (QED) is 0.516. The zero-order valence-electron chi connectivity index (χ0n) is 17.1. The minimum absolute atomic E-state index is 0.170. The molecule has 0 spiro atoms. The molecule has 6 heteroatoms. The fourth-order valence-corrected chi connectivity index (χ4v) is 2.39. The van der Waals surface area contributed by atoms with E-state index in [2.05, 4.69) is 24.3 Å². The van der Waals surface area contributed by atoms with Crippen molar-refractivity contribution in [3.63, 3.8) is 0 Å². The van der Waals surface area contributed by atoms with Crippen molar-refractivity contribution in [2.24, 2.45) is 11.1 Å². The van der Waals surface area contributed by atoms with Crippen LogP contribution in [0.25, 0.3) is 0 Å². The molecule has 0 heterocycles. The fraction of sp³-hybridized carbons (Fsp3) is 0.364. The van der Waals surface area contributed by atoms with Gasteiger partial charge in [0.1, 0.15) is 0 Å². The van der Waals surface area contributed by atoms with Gasteiger partial charge in [0.15, 0.2) is 18.1 Å². The number of methoxy groups -OCH3 is 1. The number of carbonyl (C=O) groups excluding carboxylic acids is 1. The monoisotopic (exact) mass is 384 g/mol. The van der Waals surface area contributed by atoms with Gasteiger partial charge >= 0.3 is 0 Å². The minimum Gasteiger partial charge on any atom is -0.493 e. The number of hydrogen-bond donors (Lipinski definition) is 1. The topological polar surface area (TPSA) is 69.2 Å². The highest BCUT2D eigenvalue weighted by Crippen LogP contribution is 2.28. The maximum atomic E-state index is 12.0. The summed E-state index contributed by atoms with van der Waals surface area (Å²) in [5.74, 6) is 1.47. The van der Waals surface area contributed by atoms with Crippen LogP contribution in [-0.4, -0.2) is 32.4 Å². The maximum absolute atomic E-state index is 12.0. The molecule has 6 nitrogen and oxygen atoms in total. The summed E-state index contributed by atoms with van der Waals surface area (Å²) >= 11 is 0. The van der Waals surface area contributed by atoms with Crippen LogP contribution in [0.2, 0.25) is 0 Å². The zero-order valence-corrected chi connectivity index (χ0v) is 17.1. The van der Waals surface area contributed by atoms with Crippen molar-refractivity contribution < 1.29 is 19.1 Å². The summed E-state index contributed by atoms with van der Waals surface area (Å²) in [7, 11) is 1.59. The Morgan fingerprint density at radius 2 is 1.93 bits per heavy atom. The summed E-state index contributed by atoms with van der Waals surface area (Å²) in [6.45, 7) is 8.53. The average Bonchev–Trinajstić information content (AvgIpc) is 2.66. The molecule has 0 saturated heterocycles. The van der Waals surface area contributed by atoms with Gasteiger partial charge in [-0.3, -0.25) is 4.79 Å². The van der Waals surface area contributed by atoms with Crippen molar-refractivity contribution in [2.75, 3.05) is 25.6 Å². The van der Waals surface area contributed by atoms with E-state index in [0.29, 0.717) is 24.0 Å². The van der Waals surface area contributed by atoms with Crippen LogP contribution in [0.4, 0.5) is 5.69 Å². The molecule has 0 atom stereocenters. The van der Waals surface area contributed by atoms with Crippen LogP contribution in [0.15, 0.2) is 41.6 Å². The Bertz CT molecular complexity index is 831. The summed E-state index contributed by atoms with van der Waals surface area (Å²) in [4.78, 5) is 17.1. The Hall–Kier alpha value is -3.02. The molecular formula is C22H28N2O4. The van der Waals surface area contributed by atoms with Gasteiger partial charge in [0, 0.05) is 11.3 Å².